The van der Waals surface area contributed by atoms with Gasteiger partial charge in [-0.05, 0) is 45.0 Å². The standard InChI is InChI=1S/C15H15ClN4O/c1-5-15(3,4)17-14(21)13-10(2)20(19-18-13)12-8-6-11(16)7-9-12/h1,6-9H,2-4H3,(H,17,21). The van der Waals surface area contributed by atoms with Gasteiger partial charge < -0.3 is 5.32 Å². The molecule has 0 saturated heterocycles. The van der Waals surface area contributed by atoms with Gasteiger partial charge in [-0.15, -0.1) is 11.5 Å². The molecule has 1 N–H and O–H groups in total. The molecular formula is C15H15ClN4O. The molecule has 0 aliphatic carbocycles. The van der Waals surface area contributed by atoms with Crippen molar-refractivity contribution in [3.63, 3.8) is 0 Å². The highest BCUT2D eigenvalue weighted by Gasteiger charge is 2.23. The summed E-state index contributed by atoms with van der Waals surface area (Å²) < 4.78 is 1.58. The average Bonchev–Trinajstić information content (AvgIpc) is 2.81. The molecule has 1 heterocycles. The molecule has 6 heteroatoms. The number of benzene rings is 1. The van der Waals surface area contributed by atoms with Crippen molar-refractivity contribution in [1.29, 1.82) is 0 Å². The van der Waals surface area contributed by atoms with Crippen molar-refractivity contribution in [2.75, 3.05) is 0 Å². The Bertz CT molecular complexity index is 710. The molecule has 0 aliphatic rings. The molecule has 108 valence electrons. The Hall–Kier alpha value is -2.32. The van der Waals surface area contributed by atoms with Crippen LogP contribution >= 0.6 is 11.6 Å². The van der Waals surface area contributed by atoms with Crippen LogP contribution in [0.4, 0.5) is 0 Å². The Balaban J connectivity index is 2.31. The van der Waals surface area contributed by atoms with Crippen molar-refractivity contribution in [2.45, 2.75) is 26.3 Å². The molecule has 0 saturated carbocycles. The van der Waals surface area contributed by atoms with E-state index in [1.165, 1.54) is 0 Å². The molecule has 21 heavy (non-hydrogen) atoms. The van der Waals surface area contributed by atoms with Gasteiger partial charge in [-0.25, -0.2) is 4.68 Å². The lowest BCUT2D eigenvalue weighted by Crippen LogP contribution is -2.42. The largest absolute Gasteiger partial charge is 0.335 e. The molecule has 0 unspecified atom stereocenters. The van der Waals surface area contributed by atoms with Gasteiger partial charge in [0.2, 0.25) is 0 Å². The first kappa shape index (κ1) is 15.1. The second kappa shape index (κ2) is 5.58. The van der Waals surface area contributed by atoms with E-state index < -0.39 is 5.54 Å². The lowest BCUT2D eigenvalue weighted by atomic mass is 10.1. The Kier molecular flexibility index (Phi) is 4.01. The van der Waals surface area contributed by atoms with E-state index in [9.17, 15) is 4.79 Å². The van der Waals surface area contributed by atoms with E-state index >= 15 is 0 Å². The number of terminal acetylenes is 1. The SMILES string of the molecule is C#CC(C)(C)NC(=O)c1nnn(-c2ccc(Cl)cc2)c1C. The molecule has 0 bridgehead atoms. The van der Waals surface area contributed by atoms with Crippen LogP contribution in [0.5, 0.6) is 0 Å². The number of nitrogens with zero attached hydrogens (tertiary/aromatic N) is 3. The topological polar surface area (TPSA) is 59.8 Å². The first-order valence-corrected chi connectivity index (χ1v) is 6.70. The Morgan fingerprint density at radius 3 is 2.57 bits per heavy atom. The first-order chi connectivity index (χ1) is 9.84. The minimum Gasteiger partial charge on any atom is -0.335 e. The van der Waals surface area contributed by atoms with Crippen LogP contribution in [-0.4, -0.2) is 26.4 Å². The molecule has 0 fully saturated rings. The zero-order valence-electron chi connectivity index (χ0n) is 12.0. The first-order valence-electron chi connectivity index (χ1n) is 6.32. The van der Waals surface area contributed by atoms with E-state index in [2.05, 4.69) is 21.5 Å². The fourth-order valence-corrected chi connectivity index (χ4v) is 1.87. The molecule has 1 aromatic heterocycles. The molecule has 0 aliphatic heterocycles. The van der Waals surface area contributed by atoms with Gasteiger partial charge in [0.05, 0.1) is 16.9 Å². The maximum atomic E-state index is 12.2. The highest BCUT2D eigenvalue weighted by atomic mass is 35.5. The summed E-state index contributed by atoms with van der Waals surface area (Å²) in [5.74, 6) is 2.15. The van der Waals surface area contributed by atoms with Crippen molar-refractivity contribution in [2.24, 2.45) is 0 Å². The molecule has 5 nitrogen and oxygen atoms in total. The molecule has 1 aromatic carbocycles. The van der Waals surface area contributed by atoms with Crippen LogP contribution in [0.2, 0.25) is 5.02 Å². The molecule has 0 spiro atoms. The minimum atomic E-state index is -0.742. The van der Waals surface area contributed by atoms with Crippen LogP contribution in [0.3, 0.4) is 0 Å². The van der Waals surface area contributed by atoms with E-state index in [4.69, 9.17) is 18.0 Å². The highest BCUT2D eigenvalue weighted by Crippen LogP contribution is 2.16. The van der Waals surface area contributed by atoms with E-state index in [-0.39, 0.29) is 11.6 Å². The zero-order valence-corrected chi connectivity index (χ0v) is 12.8. The fourth-order valence-electron chi connectivity index (χ4n) is 1.75. The lowest BCUT2D eigenvalue weighted by molar-refractivity contribution is 0.0924. The maximum absolute atomic E-state index is 12.2. The summed E-state index contributed by atoms with van der Waals surface area (Å²) >= 11 is 5.85. The quantitative estimate of drug-likeness (QED) is 0.886. The van der Waals surface area contributed by atoms with Gasteiger partial charge in [0.15, 0.2) is 5.69 Å². The lowest BCUT2D eigenvalue weighted by Gasteiger charge is -2.18. The number of hydrogen-bond donors (Lipinski definition) is 1. The highest BCUT2D eigenvalue weighted by molar-refractivity contribution is 6.30. The summed E-state index contributed by atoms with van der Waals surface area (Å²) in [6, 6.07) is 7.10. The monoisotopic (exact) mass is 302 g/mol. The summed E-state index contributed by atoms with van der Waals surface area (Å²) in [4.78, 5) is 12.2. The Morgan fingerprint density at radius 2 is 2.00 bits per heavy atom. The van der Waals surface area contributed by atoms with Gasteiger partial charge in [0.1, 0.15) is 0 Å². The number of carbonyl (C=O) groups is 1. The molecule has 0 atom stereocenters. The predicted octanol–water partition coefficient (Wildman–Crippen LogP) is 2.37. The molecule has 2 aromatic rings. The van der Waals surface area contributed by atoms with Gasteiger partial charge in [0, 0.05) is 5.02 Å². The van der Waals surface area contributed by atoms with Crippen molar-refractivity contribution in [3.05, 3.63) is 40.7 Å². The van der Waals surface area contributed by atoms with Gasteiger partial charge >= 0.3 is 0 Å². The third-order valence-corrected chi connectivity index (χ3v) is 3.22. The van der Waals surface area contributed by atoms with E-state index in [1.54, 1.807) is 49.7 Å². The van der Waals surface area contributed by atoms with Gasteiger partial charge in [-0.3, -0.25) is 4.79 Å². The predicted molar refractivity (Wildman–Crippen MR) is 81.5 cm³/mol. The van der Waals surface area contributed by atoms with Gasteiger partial charge in [0.25, 0.3) is 5.91 Å². The van der Waals surface area contributed by atoms with Gasteiger partial charge in [-0.1, -0.05) is 22.7 Å². The number of nitrogens with one attached hydrogen (secondary N) is 1. The molecule has 0 radical (unpaired) electrons. The van der Waals surface area contributed by atoms with E-state index in [1.807, 2.05) is 0 Å². The normalized spacial score (nSPS) is 11.0. The van der Waals surface area contributed by atoms with Crippen molar-refractivity contribution >= 4 is 17.5 Å². The second-order valence-electron chi connectivity index (χ2n) is 5.14. The average molecular weight is 303 g/mol. The Labute approximate surface area is 128 Å². The van der Waals surface area contributed by atoms with Crippen LogP contribution in [0, 0.1) is 19.3 Å². The minimum absolute atomic E-state index is 0.244. The molecule has 2 rings (SSSR count). The van der Waals surface area contributed by atoms with Crippen LogP contribution < -0.4 is 5.32 Å². The van der Waals surface area contributed by atoms with Gasteiger partial charge in [-0.2, -0.15) is 0 Å². The summed E-state index contributed by atoms with van der Waals surface area (Å²) in [6.45, 7) is 5.25. The Morgan fingerprint density at radius 1 is 1.38 bits per heavy atom. The third kappa shape index (κ3) is 3.23. The number of halogens is 1. The number of aromatic nitrogens is 3. The number of amides is 1. The molecule has 1 amide bonds. The summed E-state index contributed by atoms with van der Waals surface area (Å²) in [6.07, 6.45) is 5.36. The zero-order chi connectivity index (χ0) is 15.6. The summed E-state index contributed by atoms with van der Waals surface area (Å²) in [7, 11) is 0. The van der Waals surface area contributed by atoms with Crippen LogP contribution in [0.15, 0.2) is 24.3 Å². The summed E-state index contributed by atoms with van der Waals surface area (Å²) in [5.41, 5.74) is 0.906. The summed E-state index contributed by atoms with van der Waals surface area (Å²) in [5, 5.41) is 11.3. The maximum Gasteiger partial charge on any atom is 0.274 e. The van der Waals surface area contributed by atoms with Crippen molar-refractivity contribution in [3.8, 4) is 18.0 Å². The van der Waals surface area contributed by atoms with E-state index in [0.29, 0.717) is 10.7 Å². The van der Waals surface area contributed by atoms with Crippen LogP contribution in [0.25, 0.3) is 5.69 Å². The smallest absolute Gasteiger partial charge is 0.274 e. The third-order valence-electron chi connectivity index (χ3n) is 2.97. The van der Waals surface area contributed by atoms with Crippen molar-refractivity contribution in [1.82, 2.24) is 20.3 Å². The molecular weight excluding hydrogens is 288 g/mol. The van der Waals surface area contributed by atoms with Crippen LogP contribution in [-0.2, 0) is 0 Å². The van der Waals surface area contributed by atoms with Crippen molar-refractivity contribution < 1.29 is 4.79 Å². The van der Waals surface area contributed by atoms with Crippen LogP contribution in [0.1, 0.15) is 30.0 Å². The number of hydrogen-bond acceptors (Lipinski definition) is 3. The fraction of sp³-hybridized carbons (Fsp3) is 0.267. The van der Waals surface area contributed by atoms with E-state index in [0.717, 1.165) is 5.69 Å². The second-order valence-corrected chi connectivity index (χ2v) is 5.57. The number of rotatable bonds is 3. The number of carbonyl (C=O) groups excluding carboxylic acids is 1.